The maximum Gasteiger partial charge on any atom is 0.213 e. The van der Waals surface area contributed by atoms with Gasteiger partial charge >= 0.3 is 0 Å². The van der Waals surface area contributed by atoms with E-state index < -0.39 is 0 Å². The van der Waals surface area contributed by atoms with Crippen LogP contribution in [0, 0.1) is 45.4 Å². The third-order valence-electron chi connectivity index (χ3n) is 25.0. The predicted molar refractivity (Wildman–Crippen MR) is 443 cm³/mol. The maximum absolute atomic E-state index is 2.46. The third-order valence-corrected chi connectivity index (χ3v) is 25.0. The number of benzene rings is 10. The molecule has 10 aromatic carbocycles. The topological polar surface area (TPSA) is 11.6 Å². The molecule has 0 amide bonds. The third kappa shape index (κ3) is 12.3. The smallest absolute Gasteiger partial charge is 0.201 e. The zero-order chi connectivity index (χ0) is 74.1. The molecule has 0 saturated heterocycles. The second-order valence-corrected chi connectivity index (χ2v) is 35.6. The van der Waals surface area contributed by atoms with Crippen molar-refractivity contribution >= 4 is 32.3 Å². The number of rotatable bonds is 6. The van der Waals surface area contributed by atoms with Gasteiger partial charge in [0.25, 0.3) is 0 Å². The van der Waals surface area contributed by atoms with E-state index in [9.17, 15) is 0 Å². The Balaban J connectivity index is 0.000000132. The van der Waals surface area contributed by atoms with E-state index in [1.807, 2.05) is 0 Å². The van der Waals surface area contributed by atoms with Crippen molar-refractivity contribution in [3.05, 3.63) is 291 Å². The van der Waals surface area contributed by atoms with Crippen molar-refractivity contribution in [1.82, 2.24) is 0 Å². The molecular formula is C101H110N3+3. The molecule has 3 heterocycles. The Morgan fingerprint density at radius 3 is 1.54 bits per heavy atom. The Kier molecular flexibility index (Phi) is 18.0. The number of nitrogens with zero attached hydrogens (tertiary/aromatic N) is 3. The predicted octanol–water partition coefficient (Wildman–Crippen LogP) is 24.6. The number of pyridine rings is 3. The molecule has 3 aliphatic rings. The standard InChI is InChI=1S/C36H36N.C34H40N.C31H34N/c1-23-22-37(7)32(21-30(23)25-13-9-8-10-14-25)27-18-19-29-33-28-16-12-11-15-26(28)17-20-31(33)35(3,4)36(5,6)34(29)24(27)2;1-22-14-15-26-27-19-24-12-10-11-13-25(24)20-28(27)33(5,6)34(7,8)31(26)30(22)29-18-23(16-17-35(29)9)21-32(2,3)4;1-20-11-15-27-26(16-14-23-13-12-22-9-7-8-10-25(22)30(23)27)29(20)28-17-24(18-31(3,4)5)21(2)19-32(28)6/h8-22H,1-7H3;10-20H,21H2,1-9H3;7-13,15,17,19H,14,16,18H2,1-6H3/q3*+1. The first-order chi connectivity index (χ1) is 49.2. The molecule has 3 aromatic heterocycles. The minimum Gasteiger partial charge on any atom is -0.201 e. The highest BCUT2D eigenvalue weighted by atomic mass is 14.9. The highest BCUT2D eigenvalue weighted by molar-refractivity contribution is 6.03. The molecule has 3 aliphatic carbocycles. The SMILES string of the molecule is Cc1c[n+](C)c(-c2c(C)ccc3c2CCc2ccc4ccccc4c2-3)cc1CC(C)(C)C.Cc1c[n+](C)c(-c2ccc3c(c2C)C(C)(C)C(C)(C)c2ccc4ccccc4c2-3)cc1-c1ccccc1.Cc1ccc2c(c1-c1cc(CC(C)(C)C)cc[n+]1C)C(C)(C)C(C)(C)c1cc3ccccc3cc1-2. The Hall–Kier alpha value is -9.57. The summed E-state index contributed by atoms with van der Waals surface area (Å²) in [5, 5.41) is 8.00. The normalized spacial score (nSPS) is 14.9. The molecule has 0 fully saturated rings. The monoisotopic (exact) mass is 1360 g/mol. The first-order valence-electron chi connectivity index (χ1n) is 38.2. The summed E-state index contributed by atoms with van der Waals surface area (Å²) in [5.74, 6) is 0. The summed E-state index contributed by atoms with van der Waals surface area (Å²) in [7, 11) is 6.57. The molecule has 3 heteroatoms. The van der Waals surface area contributed by atoms with E-state index in [4.69, 9.17) is 0 Å². The Labute approximate surface area is 622 Å². The Morgan fingerprint density at radius 2 is 0.875 bits per heavy atom. The summed E-state index contributed by atoms with van der Waals surface area (Å²) in [6.07, 6.45) is 11.2. The van der Waals surface area contributed by atoms with Crippen LogP contribution in [0.3, 0.4) is 0 Å². The van der Waals surface area contributed by atoms with Crippen LogP contribution in [0.5, 0.6) is 0 Å². The van der Waals surface area contributed by atoms with Gasteiger partial charge in [-0.3, -0.25) is 0 Å². The fraction of sp³-hybridized carbons (Fsp3) is 0.317. The summed E-state index contributed by atoms with van der Waals surface area (Å²) in [6.45, 7) is 44.8. The summed E-state index contributed by atoms with van der Waals surface area (Å²) in [5.41, 5.74) is 37.9. The Bertz CT molecular complexity index is 5600. The number of aryl methyl sites for hydroxylation is 8. The van der Waals surface area contributed by atoms with Gasteiger partial charge < -0.3 is 0 Å². The summed E-state index contributed by atoms with van der Waals surface area (Å²) in [4.78, 5) is 0. The number of hydrogen-bond acceptors (Lipinski definition) is 0. The molecule has 0 aliphatic heterocycles. The number of fused-ring (bicyclic) bond motifs is 14. The molecule has 0 radical (unpaired) electrons. The van der Waals surface area contributed by atoms with Gasteiger partial charge in [-0.1, -0.05) is 255 Å². The minimum atomic E-state index is -0.0494. The van der Waals surface area contributed by atoms with Crippen LogP contribution in [0.15, 0.2) is 219 Å². The summed E-state index contributed by atoms with van der Waals surface area (Å²) in [6, 6.07) is 75.1. The van der Waals surface area contributed by atoms with E-state index in [0.29, 0.717) is 0 Å². The van der Waals surface area contributed by atoms with Crippen molar-refractivity contribution < 1.29 is 13.7 Å². The van der Waals surface area contributed by atoms with E-state index in [-0.39, 0.29) is 32.5 Å². The molecule has 0 N–H and O–H groups in total. The average Bonchev–Trinajstić information content (AvgIpc) is 0.698. The van der Waals surface area contributed by atoms with Gasteiger partial charge in [-0.15, -0.1) is 0 Å². The van der Waals surface area contributed by atoms with Crippen LogP contribution in [-0.4, -0.2) is 0 Å². The Morgan fingerprint density at radius 1 is 0.346 bits per heavy atom. The highest BCUT2D eigenvalue weighted by Crippen LogP contribution is 2.59. The first kappa shape index (κ1) is 71.4. The van der Waals surface area contributed by atoms with Crippen LogP contribution < -0.4 is 13.7 Å². The second kappa shape index (κ2) is 26.2. The minimum absolute atomic E-state index is 0.0204. The second-order valence-electron chi connectivity index (χ2n) is 35.6. The van der Waals surface area contributed by atoms with Gasteiger partial charge in [-0.25, -0.2) is 13.7 Å². The van der Waals surface area contributed by atoms with Gasteiger partial charge in [0.15, 0.2) is 18.6 Å². The van der Waals surface area contributed by atoms with Crippen molar-refractivity contribution in [3.8, 4) is 78.3 Å². The van der Waals surface area contributed by atoms with Crippen molar-refractivity contribution in [2.75, 3.05) is 0 Å². The van der Waals surface area contributed by atoms with Gasteiger partial charge in [0.1, 0.15) is 21.1 Å². The number of aromatic nitrogens is 3. The van der Waals surface area contributed by atoms with Crippen molar-refractivity contribution in [1.29, 1.82) is 0 Å². The van der Waals surface area contributed by atoms with Crippen LogP contribution in [0.2, 0.25) is 0 Å². The molecule has 526 valence electrons. The van der Waals surface area contributed by atoms with Gasteiger partial charge in [0, 0.05) is 46.4 Å². The van der Waals surface area contributed by atoms with Crippen LogP contribution in [0.25, 0.3) is 111 Å². The lowest BCUT2D eigenvalue weighted by Crippen LogP contribution is -2.44. The van der Waals surface area contributed by atoms with Crippen LogP contribution in [-0.2, 0) is 68.5 Å². The number of hydrogen-bond donors (Lipinski definition) is 0. The molecule has 0 saturated carbocycles. The average molecular weight is 1370 g/mol. The lowest BCUT2D eigenvalue weighted by Gasteiger charge is -2.49. The van der Waals surface area contributed by atoms with Crippen molar-refractivity contribution in [2.45, 2.75) is 179 Å². The highest BCUT2D eigenvalue weighted by Gasteiger charge is 2.50. The summed E-state index contributed by atoms with van der Waals surface area (Å²) < 4.78 is 6.94. The molecule has 3 nitrogen and oxygen atoms in total. The lowest BCUT2D eigenvalue weighted by molar-refractivity contribution is -0.660. The van der Waals surface area contributed by atoms with E-state index >= 15 is 0 Å². The fourth-order valence-corrected chi connectivity index (χ4v) is 18.4. The lowest BCUT2D eigenvalue weighted by atomic mass is 9.54. The first-order valence-corrected chi connectivity index (χ1v) is 38.2. The molecule has 0 unspecified atom stereocenters. The largest absolute Gasteiger partial charge is 0.213 e. The molecule has 16 rings (SSSR count). The summed E-state index contributed by atoms with van der Waals surface area (Å²) >= 11 is 0. The van der Waals surface area contributed by atoms with Crippen LogP contribution >= 0.6 is 0 Å². The van der Waals surface area contributed by atoms with E-state index in [0.717, 1.165) is 25.7 Å². The molecule has 13 aromatic rings. The zero-order valence-electron chi connectivity index (χ0n) is 66.5. The van der Waals surface area contributed by atoms with E-state index in [1.165, 1.54) is 183 Å². The fourth-order valence-electron chi connectivity index (χ4n) is 18.4. The maximum atomic E-state index is 2.46. The van der Waals surface area contributed by atoms with Gasteiger partial charge in [-0.05, 0) is 244 Å². The van der Waals surface area contributed by atoms with E-state index in [1.54, 1.807) is 0 Å². The molecule has 0 spiro atoms. The van der Waals surface area contributed by atoms with E-state index in [2.05, 4.69) is 385 Å². The van der Waals surface area contributed by atoms with Crippen molar-refractivity contribution in [2.24, 2.45) is 32.0 Å². The van der Waals surface area contributed by atoms with Gasteiger partial charge in [-0.2, -0.15) is 0 Å². The molecule has 0 bridgehead atoms. The van der Waals surface area contributed by atoms with Crippen molar-refractivity contribution in [3.63, 3.8) is 0 Å². The van der Waals surface area contributed by atoms with Crippen LogP contribution in [0.4, 0.5) is 0 Å². The van der Waals surface area contributed by atoms with Gasteiger partial charge in [0.2, 0.25) is 17.1 Å². The molecule has 104 heavy (non-hydrogen) atoms. The van der Waals surface area contributed by atoms with Crippen LogP contribution in [0.1, 0.15) is 169 Å². The van der Waals surface area contributed by atoms with Gasteiger partial charge in [0.05, 0.1) is 11.1 Å². The quantitative estimate of drug-likeness (QED) is 0.147. The zero-order valence-corrected chi connectivity index (χ0v) is 66.5. The molecular weight excluding hydrogens is 1260 g/mol. The molecule has 0 atom stereocenters.